The highest BCUT2D eigenvalue weighted by molar-refractivity contribution is 6.03. The standard InChI is InChI=1S/C41H53FN2O7/c1-4-22-49-41-37(44(3)40(47)27-16-17-27)25-35(43-50-5-2)32-23-28(12-8-10-20-45)31(14-9-11-21-46)38(39(32)41)33-24-30(18-19-36(33)51-41)48-26-29-13-6-7-15-34(29)42/h4,6-7,13,15,18-19,23-24,27-28,31,37-39,45-46H,1,5,8-12,14,16-17,20-22,25-26H2,2-3H3. The molecule has 0 spiro atoms. The van der Waals surface area contributed by atoms with E-state index in [0.29, 0.717) is 42.9 Å². The monoisotopic (exact) mass is 704 g/mol. The van der Waals surface area contributed by atoms with Gasteiger partial charge in [0, 0.05) is 49.6 Å². The molecule has 9 nitrogen and oxygen atoms in total. The van der Waals surface area contributed by atoms with E-state index >= 15 is 0 Å². The van der Waals surface area contributed by atoms with Gasteiger partial charge in [-0.3, -0.25) is 4.79 Å². The van der Waals surface area contributed by atoms with E-state index in [9.17, 15) is 19.4 Å². The first kappa shape index (κ1) is 37.0. The van der Waals surface area contributed by atoms with E-state index in [1.54, 1.807) is 24.3 Å². The highest BCUT2D eigenvalue weighted by Crippen LogP contribution is 2.62. The maximum absolute atomic E-state index is 14.6. The number of halogens is 1. The Morgan fingerprint density at radius 1 is 1.12 bits per heavy atom. The van der Waals surface area contributed by atoms with Crippen molar-refractivity contribution in [2.75, 3.05) is 33.5 Å². The number of allylic oxidation sites excluding steroid dienone is 1. The SMILES string of the molecule is C=CCOC12Oc3ccc(OCc4ccccc4F)cc3C3C(CCCCO)C(CCCCO)C=C(C(=NOCC)CC1N(C)C(=O)C1CC1)C32. The zero-order valence-corrected chi connectivity index (χ0v) is 30.0. The zero-order chi connectivity index (χ0) is 36.0. The predicted octanol–water partition coefficient (Wildman–Crippen LogP) is 6.93. The van der Waals surface area contributed by atoms with Crippen molar-refractivity contribution in [3.05, 3.63) is 83.7 Å². The highest BCUT2D eigenvalue weighted by Gasteiger charge is 2.65. The summed E-state index contributed by atoms with van der Waals surface area (Å²) in [4.78, 5) is 21.4. The largest absolute Gasteiger partial charge is 0.489 e. The number of carbonyl (C=O) groups excluding carboxylic acids is 1. The molecule has 6 unspecified atom stereocenters. The maximum Gasteiger partial charge on any atom is 0.239 e. The summed E-state index contributed by atoms with van der Waals surface area (Å²) in [6.45, 7) is 6.79. The van der Waals surface area contributed by atoms with Crippen LogP contribution in [0, 0.1) is 29.5 Å². The van der Waals surface area contributed by atoms with Gasteiger partial charge in [-0.2, -0.15) is 0 Å². The number of amides is 1. The van der Waals surface area contributed by atoms with E-state index in [4.69, 9.17) is 24.2 Å². The number of rotatable bonds is 18. The quantitative estimate of drug-likeness (QED) is 0.0985. The molecule has 6 atom stereocenters. The summed E-state index contributed by atoms with van der Waals surface area (Å²) in [5, 5.41) is 24.2. The molecule has 3 aliphatic carbocycles. The van der Waals surface area contributed by atoms with Crippen molar-refractivity contribution in [2.24, 2.45) is 28.8 Å². The van der Waals surface area contributed by atoms with Crippen LogP contribution >= 0.6 is 0 Å². The summed E-state index contributed by atoms with van der Waals surface area (Å²) in [6.07, 6.45) is 10.9. The second-order valence-electron chi connectivity index (χ2n) is 14.3. The number of fused-ring (bicyclic) bond motifs is 2. The molecule has 2 fully saturated rings. The van der Waals surface area contributed by atoms with Crippen LogP contribution in [0.2, 0.25) is 0 Å². The molecule has 276 valence electrons. The summed E-state index contributed by atoms with van der Waals surface area (Å²) in [7, 11) is 1.85. The normalized spacial score (nSPS) is 27.1. The lowest BCUT2D eigenvalue weighted by Gasteiger charge is -2.59. The van der Waals surface area contributed by atoms with Crippen molar-refractivity contribution in [3.63, 3.8) is 0 Å². The zero-order valence-electron chi connectivity index (χ0n) is 30.0. The van der Waals surface area contributed by atoms with Crippen LogP contribution in [0.1, 0.15) is 81.8 Å². The minimum Gasteiger partial charge on any atom is -0.489 e. The Balaban J connectivity index is 1.52. The molecule has 10 heteroatoms. The van der Waals surface area contributed by atoms with Crippen molar-refractivity contribution < 1.29 is 38.4 Å². The summed E-state index contributed by atoms with van der Waals surface area (Å²) >= 11 is 0. The van der Waals surface area contributed by atoms with Crippen molar-refractivity contribution >= 4 is 11.6 Å². The van der Waals surface area contributed by atoms with Crippen LogP contribution in [0.3, 0.4) is 0 Å². The Kier molecular flexibility index (Phi) is 12.2. The molecule has 1 aliphatic heterocycles. The molecular weight excluding hydrogens is 651 g/mol. The summed E-state index contributed by atoms with van der Waals surface area (Å²) < 4.78 is 34.8. The first-order valence-corrected chi connectivity index (χ1v) is 18.7. The fourth-order valence-electron chi connectivity index (χ4n) is 8.51. The van der Waals surface area contributed by atoms with Crippen molar-refractivity contribution in [1.29, 1.82) is 0 Å². The molecule has 51 heavy (non-hydrogen) atoms. The van der Waals surface area contributed by atoms with E-state index in [1.807, 2.05) is 37.1 Å². The van der Waals surface area contributed by atoms with Crippen molar-refractivity contribution in [1.82, 2.24) is 4.90 Å². The molecule has 2 saturated carbocycles. The van der Waals surface area contributed by atoms with E-state index in [-0.39, 0.29) is 67.7 Å². The average Bonchev–Trinajstić information content (AvgIpc) is 3.99. The van der Waals surface area contributed by atoms with Gasteiger partial charge in [0.2, 0.25) is 11.7 Å². The third kappa shape index (κ3) is 7.74. The van der Waals surface area contributed by atoms with E-state index in [2.05, 4.69) is 12.7 Å². The Morgan fingerprint density at radius 2 is 1.88 bits per heavy atom. The molecule has 4 aliphatic rings. The lowest BCUT2D eigenvalue weighted by atomic mass is 9.55. The maximum atomic E-state index is 14.6. The second-order valence-corrected chi connectivity index (χ2v) is 14.3. The molecule has 0 saturated heterocycles. The number of aliphatic hydroxyl groups excluding tert-OH is 2. The second kappa shape index (κ2) is 16.7. The Bertz CT molecular complexity index is 1590. The van der Waals surface area contributed by atoms with Crippen LogP contribution in [0.5, 0.6) is 11.5 Å². The smallest absolute Gasteiger partial charge is 0.239 e. The van der Waals surface area contributed by atoms with Gasteiger partial charge in [-0.05, 0) is 87.1 Å². The van der Waals surface area contributed by atoms with Gasteiger partial charge < -0.3 is 34.2 Å². The number of ether oxygens (including phenoxy) is 3. The number of hydrogen-bond donors (Lipinski definition) is 2. The van der Waals surface area contributed by atoms with Crippen LogP contribution in [-0.2, 0) is 21.0 Å². The lowest BCUT2D eigenvalue weighted by molar-refractivity contribution is -0.255. The van der Waals surface area contributed by atoms with Gasteiger partial charge in [0.15, 0.2) is 0 Å². The van der Waals surface area contributed by atoms with Crippen LogP contribution < -0.4 is 9.47 Å². The number of oxime groups is 1. The molecule has 0 bridgehead atoms. The van der Waals surface area contributed by atoms with Gasteiger partial charge in [0.1, 0.15) is 36.6 Å². The van der Waals surface area contributed by atoms with E-state index in [0.717, 1.165) is 55.4 Å². The van der Waals surface area contributed by atoms with Gasteiger partial charge in [-0.25, -0.2) is 4.39 Å². The fourth-order valence-corrected chi connectivity index (χ4v) is 8.51. The molecule has 2 aromatic carbocycles. The first-order valence-electron chi connectivity index (χ1n) is 18.7. The highest BCUT2D eigenvalue weighted by atomic mass is 19.1. The molecular formula is C41H53FN2O7. The summed E-state index contributed by atoms with van der Waals surface area (Å²) in [6, 6.07) is 11.9. The molecule has 0 aromatic heterocycles. The topological polar surface area (TPSA) is 110 Å². The molecule has 2 N–H and O–H groups in total. The van der Waals surface area contributed by atoms with Crippen LogP contribution in [0.25, 0.3) is 0 Å². The number of unbranched alkanes of at least 4 members (excludes halogenated alkanes) is 2. The molecule has 0 radical (unpaired) electrons. The third-order valence-electron chi connectivity index (χ3n) is 11.0. The predicted molar refractivity (Wildman–Crippen MR) is 193 cm³/mol. The first-order chi connectivity index (χ1) is 24.9. The molecule has 1 heterocycles. The number of nitrogens with zero attached hydrogens (tertiary/aromatic N) is 2. The van der Waals surface area contributed by atoms with E-state index in [1.165, 1.54) is 6.07 Å². The van der Waals surface area contributed by atoms with Crippen molar-refractivity contribution in [3.8, 4) is 11.5 Å². The Labute approximate surface area is 301 Å². The average molecular weight is 705 g/mol. The number of likely N-dealkylation sites (N-methyl/N-ethyl adjacent to an activating group) is 1. The van der Waals surface area contributed by atoms with Gasteiger partial charge in [0.25, 0.3) is 0 Å². The van der Waals surface area contributed by atoms with Crippen LogP contribution in [0.4, 0.5) is 4.39 Å². The van der Waals surface area contributed by atoms with Gasteiger partial charge in [-0.1, -0.05) is 48.3 Å². The number of hydrogen-bond acceptors (Lipinski definition) is 8. The molecule has 2 aromatic rings. The van der Waals surface area contributed by atoms with Crippen LogP contribution in [-0.4, -0.2) is 72.0 Å². The van der Waals surface area contributed by atoms with E-state index < -0.39 is 11.8 Å². The molecule has 1 amide bonds. The Morgan fingerprint density at radius 3 is 2.59 bits per heavy atom. The minimum absolute atomic E-state index is 0.00926. The number of carbonyl (C=O) groups is 1. The van der Waals surface area contributed by atoms with Gasteiger partial charge in [-0.15, -0.1) is 6.58 Å². The number of benzene rings is 2. The third-order valence-corrected chi connectivity index (χ3v) is 11.0. The van der Waals surface area contributed by atoms with Gasteiger partial charge >= 0.3 is 0 Å². The minimum atomic E-state index is -1.26. The van der Waals surface area contributed by atoms with Gasteiger partial charge in [0.05, 0.1) is 18.2 Å². The summed E-state index contributed by atoms with van der Waals surface area (Å²) in [5.41, 5.74) is 3.21. The molecule has 6 rings (SSSR count). The van der Waals surface area contributed by atoms with Crippen LogP contribution in [0.15, 0.2) is 71.9 Å². The summed E-state index contributed by atoms with van der Waals surface area (Å²) in [5.74, 6) is -0.539. The lowest BCUT2D eigenvalue weighted by Crippen LogP contribution is -2.69. The van der Waals surface area contributed by atoms with Crippen molar-refractivity contribution in [2.45, 2.75) is 89.1 Å². The Hall–Kier alpha value is -3.73. The number of aliphatic hydroxyl groups is 2. The fraction of sp³-hybridized carbons (Fsp3) is 0.561.